The molecule has 204 valence electrons. The molecule has 43 heavy (non-hydrogen) atoms. The van der Waals surface area contributed by atoms with Crippen LogP contribution < -0.4 is 0 Å². The van der Waals surface area contributed by atoms with Gasteiger partial charge in [-0.2, -0.15) is 0 Å². The number of aryl methyl sites for hydroxylation is 1. The largest absolute Gasteiger partial charge is 0.264 e. The fourth-order valence-electron chi connectivity index (χ4n) is 5.47. The Bertz CT molecular complexity index is 1910. The predicted octanol–water partition coefficient (Wildman–Crippen LogP) is 10.2. The van der Waals surface area contributed by atoms with Crippen LogP contribution in [0.25, 0.3) is 66.8 Å². The standard InChI is InChI=1S/C40H29N3/c1-28-15-16-37(27-43-28)31-9-4-12-34(21-31)40-23-38(32-10-2-7-29(19-32)35-13-5-17-41-25-35)22-39(24-40)33-11-3-8-30(20-33)36-14-6-18-42-26-36/h2-27H,1H3. The van der Waals surface area contributed by atoms with Crippen LogP contribution in [0.1, 0.15) is 5.69 Å². The van der Waals surface area contributed by atoms with Crippen LogP contribution in [-0.2, 0) is 0 Å². The van der Waals surface area contributed by atoms with Gasteiger partial charge < -0.3 is 0 Å². The Morgan fingerprint density at radius 2 is 0.674 bits per heavy atom. The number of pyridine rings is 3. The molecule has 0 aliphatic heterocycles. The van der Waals surface area contributed by atoms with Crippen molar-refractivity contribution >= 4 is 0 Å². The van der Waals surface area contributed by atoms with E-state index >= 15 is 0 Å². The topological polar surface area (TPSA) is 38.7 Å². The van der Waals surface area contributed by atoms with E-state index in [-0.39, 0.29) is 0 Å². The Hall–Kier alpha value is -5.67. The first-order valence-electron chi connectivity index (χ1n) is 14.4. The number of benzene rings is 4. The maximum Gasteiger partial charge on any atom is 0.0373 e. The predicted molar refractivity (Wildman–Crippen MR) is 177 cm³/mol. The average Bonchev–Trinajstić information content (AvgIpc) is 3.09. The highest BCUT2D eigenvalue weighted by Crippen LogP contribution is 2.36. The van der Waals surface area contributed by atoms with Crippen molar-refractivity contribution in [2.45, 2.75) is 6.92 Å². The van der Waals surface area contributed by atoms with Crippen LogP contribution in [0.5, 0.6) is 0 Å². The molecule has 0 aliphatic rings. The number of aromatic nitrogens is 3. The van der Waals surface area contributed by atoms with Gasteiger partial charge in [0.05, 0.1) is 0 Å². The van der Waals surface area contributed by atoms with Crippen molar-refractivity contribution in [3.63, 3.8) is 0 Å². The van der Waals surface area contributed by atoms with Crippen LogP contribution in [0.2, 0.25) is 0 Å². The van der Waals surface area contributed by atoms with Crippen molar-refractivity contribution in [3.05, 3.63) is 164 Å². The Labute approximate surface area is 252 Å². The monoisotopic (exact) mass is 551 g/mol. The van der Waals surface area contributed by atoms with E-state index in [2.05, 4.69) is 130 Å². The molecule has 3 aromatic heterocycles. The fourth-order valence-corrected chi connectivity index (χ4v) is 5.47. The Kier molecular flexibility index (Phi) is 7.12. The lowest BCUT2D eigenvalue weighted by Crippen LogP contribution is -1.89. The summed E-state index contributed by atoms with van der Waals surface area (Å²) in [5.74, 6) is 0. The highest BCUT2D eigenvalue weighted by Gasteiger charge is 2.11. The molecule has 7 aromatic rings. The molecular weight excluding hydrogens is 522 g/mol. The van der Waals surface area contributed by atoms with Crippen molar-refractivity contribution in [3.8, 4) is 66.8 Å². The lowest BCUT2D eigenvalue weighted by atomic mass is 9.90. The molecule has 0 saturated carbocycles. The van der Waals surface area contributed by atoms with E-state index in [9.17, 15) is 0 Å². The van der Waals surface area contributed by atoms with Crippen molar-refractivity contribution in [1.29, 1.82) is 0 Å². The molecule has 0 amide bonds. The minimum Gasteiger partial charge on any atom is -0.264 e. The second kappa shape index (κ2) is 11.7. The summed E-state index contributed by atoms with van der Waals surface area (Å²) in [5.41, 5.74) is 14.7. The summed E-state index contributed by atoms with van der Waals surface area (Å²) in [7, 11) is 0. The highest BCUT2D eigenvalue weighted by molar-refractivity contribution is 5.85. The molecule has 3 heteroatoms. The third-order valence-electron chi connectivity index (χ3n) is 7.76. The van der Waals surface area contributed by atoms with Gasteiger partial charge in [-0.05, 0) is 112 Å². The molecule has 3 nitrogen and oxygen atoms in total. The molecule has 0 radical (unpaired) electrons. The van der Waals surface area contributed by atoms with Gasteiger partial charge in [0.15, 0.2) is 0 Å². The zero-order chi connectivity index (χ0) is 29.0. The molecule has 3 heterocycles. The van der Waals surface area contributed by atoms with Gasteiger partial charge in [0.2, 0.25) is 0 Å². The summed E-state index contributed by atoms with van der Waals surface area (Å²) in [6.45, 7) is 2.01. The van der Waals surface area contributed by atoms with Crippen LogP contribution >= 0.6 is 0 Å². The first kappa shape index (κ1) is 26.2. The molecule has 0 bridgehead atoms. The zero-order valence-corrected chi connectivity index (χ0v) is 23.9. The van der Waals surface area contributed by atoms with Crippen LogP contribution in [0.15, 0.2) is 158 Å². The van der Waals surface area contributed by atoms with E-state index in [4.69, 9.17) is 0 Å². The first-order valence-corrected chi connectivity index (χ1v) is 14.4. The summed E-state index contributed by atoms with van der Waals surface area (Å²) in [4.78, 5) is 13.2. The molecule has 4 aromatic carbocycles. The fraction of sp³-hybridized carbons (Fsp3) is 0.0250. The first-order chi connectivity index (χ1) is 21.2. The van der Waals surface area contributed by atoms with Crippen molar-refractivity contribution in [2.24, 2.45) is 0 Å². The normalized spacial score (nSPS) is 10.9. The number of rotatable bonds is 6. The lowest BCUT2D eigenvalue weighted by Gasteiger charge is -2.14. The third kappa shape index (κ3) is 5.74. The van der Waals surface area contributed by atoms with E-state index < -0.39 is 0 Å². The average molecular weight is 552 g/mol. The number of hydrogen-bond acceptors (Lipinski definition) is 3. The number of hydrogen-bond donors (Lipinski definition) is 0. The highest BCUT2D eigenvalue weighted by atomic mass is 14.7. The summed E-state index contributed by atoms with van der Waals surface area (Å²) < 4.78 is 0. The van der Waals surface area contributed by atoms with E-state index in [0.29, 0.717) is 0 Å². The van der Waals surface area contributed by atoms with Gasteiger partial charge in [-0.15, -0.1) is 0 Å². The van der Waals surface area contributed by atoms with Gasteiger partial charge in [-0.3, -0.25) is 15.0 Å². The molecule has 0 unspecified atom stereocenters. The Morgan fingerprint density at radius 3 is 1.02 bits per heavy atom. The van der Waals surface area contributed by atoms with Gasteiger partial charge in [-0.1, -0.05) is 72.8 Å². The van der Waals surface area contributed by atoms with Crippen LogP contribution in [0.4, 0.5) is 0 Å². The van der Waals surface area contributed by atoms with Crippen LogP contribution in [0, 0.1) is 6.92 Å². The van der Waals surface area contributed by atoms with E-state index in [1.54, 1.807) is 0 Å². The summed E-state index contributed by atoms with van der Waals surface area (Å²) in [5, 5.41) is 0. The van der Waals surface area contributed by atoms with Gasteiger partial charge in [0, 0.05) is 53.4 Å². The molecule has 0 atom stereocenters. The molecule has 0 saturated heterocycles. The molecule has 0 N–H and O–H groups in total. The molecule has 0 aliphatic carbocycles. The van der Waals surface area contributed by atoms with Gasteiger partial charge in [0.1, 0.15) is 0 Å². The second-order valence-corrected chi connectivity index (χ2v) is 10.7. The van der Waals surface area contributed by atoms with Gasteiger partial charge in [-0.25, -0.2) is 0 Å². The minimum absolute atomic E-state index is 1.01. The zero-order valence-electron chi connectivity index (χ0n) is 23.9. The van der Waals surface area contributed by atoms with E-state index in [1.165, 1.54) is 0 Å². The van der Waals surface area contributed by atoms with Crippen LogP contribution in [0.3, 0.4) is 0 Å². The molecular formula is C40H29N3. The van der Waals surface area contributed by atoms with E-state index in [0.717, 1.165) is 72.5 Å². The molecule has 0 spiro atoms. The summed E-state index contributed by atoms with van der Waals surface area (Å²) in [6, 6.07) is 45.4. The lowest BCUT2D eigenvalue weighted by molar-refractivity contribution is 1.20. The smallest absolute Gasteiger partial charge is 0.0373 e. The van der Waals surface area contributed by atoms with E-state index in [1.807, 2.05) is 50.0 Å². The molecule has 7 rings (SSSR count). The Morgan fingerprint density at radius 1 is 0.326 bits per heavy atom. The summed E-state index contributed by atoms with van der Waals surface area (Å²) >= 11 is 0. The maximum atomic E-state index is 4.52. The van der Waals surface area contributed by atoms with Crippen molar-refractivity contribution in [2.75, 3.05) is 0 Å². The van der Waals surface area contributed by atoms with Gasteiger partial charge >= 0.3 is 0 Å². The second-order valence-electron chi connectivity index (χ2n) is 10.7. The maximum absolute atomic E-state index is 4.52. The summed E-state index contributed by atoms with van der Waals surface area (Å²) in [6.07, 6.45) is 9.39. The van der Waals surface area contributed by atoms with Gasteiger partial charge in [0.25, 0.3) is 0 Å². The molecule has 0 fully saturated rings. The Balaban J connectivity index is 1.37. The minimum atomic E-state index is 1.01. The SMILES string of the molecule is Cc1ccc(-c2cccc(-c3cc(-c4cccc(-c5cccnc5)c4)cc(-c4cccc(-c5cccnc5)c4)c3)c2)cn1. The quantitative estimate of drug-likeness (QED) is 0.206. The number of nitrogens with zero attached hydrogens (tertiary/aromatic N) is 3. The van der Waals surface area contributed by atoms with Crippen molar-refractivity contribution < 1.29 is 0 Å². The van der Waals surface area contributed by atoms with Crippen molar-refractivity contribution in [1.82, 2.24) is 15.0 Å². The van der Waals surface area contributed by atoms with Crippen LogP contribution in [-0.4, -0.2) is 15.0 Å². The third-order valence-corrected chi connectivity index (χ3v) is 7.76.